The molecule has 0 bridgehead atoms. The van der Waals surface area contributed by atoms with Crippen LogP contribution in [0.2, 0.25) is 0 Å². The Bertz CT molecular complexity index is 947. The van der Waals surface area contributed by atoms with Crippen molar-refractivity contribution in [3.63, 3.8) is 0 Å². The molecule has 0 radical (unpaired) electrons. The van der Waals surface area contributed by atoms with Crippen LogP contribution < -0.4 is 18.9 Å². The normalized spacial score (nSPS) is 16.5. The summed E-state index contributed by atoms with van der Waals surface area (Å²) in [6.45, 7) is 0.176. The van der Waals surface area contributed by atoms with E-state index in [0.717, 1.165) is 5.56 Å². The number of esters is 1. The first-order valence-electron chi connectivity index (χ1n) is 7.82. The van der Waals surface area contributed by atoms with Crippen molar-refractivity contribution in [1.82, 2.24) is 0 Å². The van der Waals surface area contributed by atoms with Crippen LogP contribution in [0.15, 0.2) is 47.1 Å². The number of methoxy groups -OCH3 is 2. The van der Waals surface area contributed by atoms with Gasteiger partial charge in [-0.3, -0.25) is 0 Å². The smallest absolute Gasteiger partial charge is 0.363 e. The predicted molar refractivity (Wildman–Crippen MR) is 92.7 cm³/mol. The number of cyclic esters (lactones) is 1. The lowest BCUT2D eigenvalue weighted by Gasteiger charge is -2.07. The lowest BCUT2D eigenvalue weighted by atomic mass is 10.1. The first-order valence-corrected chi connectivity index (χ1v) is 7.82. The molecule has 0 aliphatic carbocycles. The second-order valence-electron chi connectivity index (χ2n) is 5.52. The Morgan fingerprint density at radius 3 is 2.62 bits per heavy atom. The zero-order valence-corrected chi connectivity index (χ0v) is 14.1. The molecule has 26 heavy (non-hydrogen) atoms. The molecule has 0 fully saturated rings. The lowest BCUT2D eigenvalue weighted by Crippen LogP contribution is -2.05. The number of rotatable bonds is 4. The minimum absolute atomic E-state index is 0.176. The van der Waals surface area contributed by atoms with E-state index in [9.17, 15) is 4.79 Å². The third-order valence-corrected chi connectivity index (χ3v) is 3.95. The Labute approximate surface area is 149 Å². The van der Waals surface area contributed by atoms with E-state index >= 15 is 0 Å². The second-order valence-corrected chi connectivity index (χ2v) is 5.52. The number of aliphatic imine (C=N–C) groups is 1. The minimum Gasteiger partial charge on any atom is -0.493 e. The van der Waals surface area contributed by atoms with E-state index in [0.29, 0.717) is 28.6 Å². The quantitative estimate of drug-likeness (QED) is 0.621. The number of carbonyl (C=O) groups is 1. The maximum atomic E-state index is 12.2. The van der Waals surface area contributed by atoms with Crippen molar-refractivity contribution in [3.05, 3.63) is 53.2 Å². The molecule has 2 aliphatic rings. The van der Waals surface area contributed by atoms with Crippen molar-refractivity contribution in [2.45, 2.75) is 0 Å². The molecule has 2 aromatic carbocycles. The zero-order valence-electron chi connectivity index (χ0n) is 14.1. The topological polar surface area (TPSA) is 75.6 Å². The van der Waals surface area contributed by atoms with Crippen LogP contribution in [0.25, 0.3) is 6.08 Å². The van der Waals surface area contributed by atoms with Gasteiger partial charge in [0.15, 0.2) is 28.7 Å². The van der Waals surface area contributed by atoms with Crippen molar-refractivity contribution in [1.29, 1.82) is 0 Å². The van der Waals surface area contributed by atoms with Crippen molar-refractivity contribution in [3.8, 4) is 23.0 Å². The Morgan fingerprint density at radius 1 is 1.00 bits per heavy atom. The van der Waals surface area contributed by atoms with Crippen LogP contribution in [0, 0.1) is 0 Å². The van der Waals surface area contributed by atoms with E-state index in [-0.39, 0.29) is 18.4 Å². The second kappa shape index (κ2) is 6.44. The Hall–Kier alpha value is -3.48. The predicted octanol–water partition coefficient (Wildman–Crippen LogP) is 2.78. The number of hydrogen-bond acceptors (Lipinski definition) is 7. The van der Waals surface area contributed by atoms with Gasteiger partial charge in [-0.2, -0.15) is 0 Å². The molecule has 0 atom stereocenters. The summed E-state index contributed by atoms with van der Waals surface area (Å²) < 4.78 is 26.4. The summed E-state index contributed by atoms with van der Waals surface area (Å²) in [5.41, 5.74) is 1.58. The highest BCUT2D eigenvalue weighted by atomic mass is 16.7. The van der Waals surface area contributed by atoms with Crippen molar-refractivity contribution >= 4 is 17.9 Å². The van der Waals surface area contributed by atoms with E-state index in [1.165, 1.54) is 0 Å². The largest absolute Gasteiger partial charge is 0.493 e. The maximum absolute atomic E-state index is 12.2. The maximum Gasteiger partial charge on any atom is 0.363 e. The van der Waals surface area contributed by atoms with Gasteiger partial charge < -0.3 is 23.7 Å². The van der Waals surface area contributed by atoms with Crippen LogP contribution in [0.4, 0.5) is 0 Å². The SMILES string of the molecule is COc1ccc(/C=C2\N=C(c3ccc4c(c3)OCO4)OC2=O)cc1OC. The molecule has 0 N–H and O–H groups in total. The molecule has 0 aromatic heterocycles. The third-order valence-electron chi connectivity index (χ3n) is 3.95. The van der Waals surface area contributed by atoms with Crippen molar-refractivity contribution in [2.75, 3.05) is 21.0 Å². The van der Waals surface area contributed by atoms with Crippen LogP contribution >= 0.6 is 0 Å². The van der Waals surface area contributed by atoms with E-state index < -0.39 is 5.97 Å². The van der Waals surface area contributed by atoms with Crippen molar-refractivity contribution in [2.24, 2.45) is 4.99 Å². The molecule has 7 nitrogen and oxygen atoms in total. The lowest BCUT2D eigenvalue weighted by molar-refractivity contribution is -0.129. The van der Waals surface area contributed by atoms with E-state index in [4.69, 9.17) is 23.7 Å². The monoisotopic (exact) mass is 353 g/mol. The molecule has 0 amide bonds. The van der Waals surface area contributed by atoms with Gasteiger partial charge >= 0.3 is 5.97 Å². The number of benzene rings is 2. The molecule has 132 valence electrons. The molecule has 2 heterocycles. The summed E-state index contributed by atoms with van der Waals surface area (Å²) in [7, 11) is 3.11. The average Bonchev–Trinajstić information content (AvgIpc) is 3.27. The van der Waals surface area contributed by atoms with Crippen LogP contribution in [0.5, 0.6) is 23.0 Å². The van der Waals surface area contributed by atoms with Gasteiger partial charge in [0.2, 0.25) is 12.7 Å². The van der Waals surface area contributed by atoms with Gasteiger partial charge in [0.1, 0.15) is 0 Å². The third kappa shape index (κ3) is 2.83. The summed E-state index contributed by atoms with van der Waals surface area (Å²) in [5.74, 6) is 2.12. The molecule has 0 saturated heterocycles. The number of carbonyl (C=O) groups excluding carboxylic acids is 1. The summed E-state index contributed by atoms with van der Waals surface area (Å²) in [5, 5.41) is 0. The highest BCUT2D eigenvalue weighted by Gasteiger charge is 2.26. The van der Waals surface area contributed by atoms with Gasteiger partial charge in [-0.05, 0) is 42.0 Å². The number of ether oxygens (including phenoxy) is 5. The first kappa shape index (κ1) is 16.0. The summed E-state index contributed by atoms with van der Waals surface area (Å²) >= 11 is 0. The van der Waals surface area contributed by atoms with Gasteiger partial charge in [0.25, 0.3) is 0 Å². The molecule has 2 aromatic rings. The van der Waals surface area contributed by atoms with Gasteiger partial charge in [-0.15, -0.1) is 0 Å². The fourth-order valence-electron chi connectivity index (χ4n) is 2.66. The molecule has 0 unspecified atom stereocenters. The van der Waals surface area contributed by atoms with Crippen LogP contribution in [0.1, 0.15) is 11.1 Å². The molecular formula is C19H15NO6. The average molecular weight is 353 g/mol. The van der Waals surface area contributed by atoms with Gasteiger partial charge in [-0.25, -0.2) is 9.79 Å². The molecular weight excluding hydrogens is 338 g/mol. The van der Waals surface area contributed by atoms with E-state index in [2.05, 4.69) is 4.99 Å². The standard InChI is InChI=1S/C19H15NO6/c1-22-14-5-3-11(8-16(14)23-2)7-13-19(21)26-18(20-13)12-4-6-15-17(9-12)25-10-24-15/h3-9H,10H2,1-2H3/b13-7-. The number of hydrogen-bond donors (Lipinski definition) is 0. The van der Waals surface area contributed by atoms with E-state index in [1.807, 2.05) is 0 Å². The highest BCUT2D eigenvalue weighted by molar-refractivity contribution is 6.13. The van der Waals surface area contributed by atoms with Crippen LogP contribution in [-0.2, 0) is 9.53 Å². The van der Waals surface area contributed by atoms with Crippen molar-refractivity contribution < 1.29 is 28.5 Å². The van der Waals surface area contributed by atoms with Gasteiger partial charge in [0, 0.05) is 5.56 Å². The summed E-state index contributed by atoms with van der Waals surface area (Å²) in [6.07, 6.45) is 1.63. The highest BCUT2D eigenvalue weighted by Crippen LogP contribution is 2.34. The minimum atomic E-state index is -0.521. The fourth-order valence-corrected chi connectivity index (χ4v) is 2.66. The Balaban J connectivity index is 1.65. The zero-order chi connectivity index (χ0) is 18.1. The summed E-state index contributed by atoms with van der Waals surface area (Å²) in [4.78, 5) is 16.5. The fraction of sp³-hybridized carbons (Fsp3) is 0.158. The molecule has 7 heteroatoms. The molecule has 0 saturated carbocycles. The Morgan fingerprint density at radius 2 is 1.81 bits per heavy atom. The van der Waals surface area contributed by atoms with Gasteiger partial charge in [0.05, 0.1) is 14.2 Å². The molecule has 2 aliphatic heterocycles. The number of fused-ring (bicyclic) bond motifs is 1. The van der Waals surface area contributed by atoms with E-state index in [1.54, 1.807) is 56.7 Å². The number of nitrogens with zero attached hydrogens (tertiary/aromatic N) is 1. The Kier molecular flexibility index (Phi) is 3.96. The molecule has 4 rings (SSSR count). The summed E-state index contributed by atoms with van der Waals surface area (Å²) in [6, 6.07) is 10.6. The van der Waals surface area contributed by atoms with Crippen LogP contribution in [0.3, 0.4) is 0 Å². The van der Waals surface area contributed by atoms with Gasteiger partial charge in [-0.1, -0.05) is 6.07 Å². The molecule has 0 spiro atoms. The first-order chi connectivity index (χ1) is 12.7. The van der Waals surface area contributed by atoms with Crippen LogP contribution in [-0.4, -0.2) is 32.9 Å².